The normalized spacial score (nSPS) is 9.85. The maximum Gasteiger partial charge on any atom is 0.119 e. The summed E-state index contributed by atoms with van der Waals surface area (Å²) in [5, 5.41) is 12.2. The molecular formula is C16H15BrN2O. The summed E-state index contributed by atoms with van der Waals surface area (Å²) in [5.74, 6) is 0.882. The number of halogens is 1. The maximum absolute atomic E-state index is 8.88. The monoisotopic (exact) mass is 330 g/mol. The summed E-state index contributed by atoms with van der Waals surface area (Å²) >= 11 is 3.38. The molecule has 0 fully saturated rings. The van der Waals surface area contributed by atoms with Crippen molar-refractivity contribution >= 4 is 21.6 Å². The van der Waals surface area contributed by atoms with Crippen molar-refractivity contribution in [2.75, 3.05) is 11.9 Å². The van der Waals surface area contributed by atoms with Gasteiger partial charge in [-0.3, -0.25) is 0 Å². The van der Waals surface area contributed by atoms with E-state index >= 15 is 0 Å². The van der Waals surface area contributed by atoms with E-state index in [2.05, 4.69) is 27.3 Å². The molecule has 2 rings (SSSR count). The number of nitrogens with zero attached hydrogens (tertiary/aromatic N) is 1. The third-order valence-electron chi connectivity index (χ3n) is 2.80. The van der Waals surface area contributed by atoms with Gasteiger partial charge < -0.3 is 10.1 Å². The van der Waals surface area contributed by atoms with Crippen LogP contribution in [0.3, 0.4) is 0 Å². The lowest BCUT2D eigenvalue weighted by molar-refractivity contribution is 0.340. The van der Waals surface area contributed by atoms with Gasteiger partial charge in [0, 0.05) is 16.7 Å². The fourth-order valence-electron chi connectivity index (χ4n) is 1.83. The van der Waals surface area contributed by atoms with Crippen LogP contribution >= 0.6 is 15.9 Å². The lowest BCUT2D eigenvalue weighted by atomic mass is 10.2. The van der Waals surface area contributed by atoms with Crippen LogP contribution in [0.1, 0.15) is 18.1 Å². The van der Waals surface area contributed by atoms with E-state index in [0.717, 1.165) is 21.5 Å². The van der Waals surface area contributed by atoms with E-state index in [-0.39, 0.29) is 0 Å². The Labute approximate surface area is 127 Å². The Bertz CT molecular complexity index is 635. The quantitative estimate of drug-likeness (QED) is 0.887. The van der Waals surface area contributed by atoms with Gasteiger partial charge in [0.05, 0.1) is 12.2 Å². The summed E-state index contributed by atoms with van der Waals surface area (Å²) in [7, 11) is 0. The molecule has 2 aromatic carbocycles. The number of hydrogen-bond acceptors (Lipinski definition) is 3. The van der Waals surface area contributed by atoms with E-state index < -0.39 is 0 Å². The molecule has 0 aliphatic rings. The minimum Gasteiger partial charge on any atom is -0.494 e. The molecule has 2 aromatic rings. The summed E-state index contributed by atoms with van der Waals surface area (Å²) in [6.07, 6.45) is 0. The molecule has 0 aromatic heterocycles. The van der Waals surface area contributed by atoms with E-state index in [1.807, 2.05) is 43.3 Å². The summed E-state index contributed by atoms with van der Waals surface area (Å²) in [6.45, 7) is 3.35. The molecule has 1 N–H and O–H groups in total. The minimum atomic E-state index is 0.633. The first-order chi connectivity index (χ1) is 9.72. The molecule has 0 unspecified atom stereocenters. The Hall–Kier alpha value is -1.99. The zero-order chi connectivity index (χ0) is 14.4. The van der Waals surface area contributed by atoms with Gasteiger partial charge in [-0.25, -0.2) is 0 Å². The average molecular weight is 331 g/mol. The lowest BCUT2D eigenvalue weighted by Crippen LogP contribution is -2.00. The Morgan fingerprint density at radius 3 is 2.80 bits per heavy atom. The Morgan fingerprint density at radius 2 is 2.10 bits per heavy atom. The molecule has 0 saturated heterocycles. The van der Waals surface area contributed by atoms with Crippen LogP contribution in [-0.4, -0.2) is 6.61 Å². The molecule has 0 bridgehead atoms. The van der Waals surface area contributed by atoms with Gasteiger partial charge in [-0.15, -0.1) is 0 Å². The molecular weight excluding hydrogens is 316 g/mol. The van der Waals surface area contributed by atoms with Crippen molar-refractivity contribution in [2.45, 2.75) is 13.5 Å². The second kappa shape index (κ2) is 6.97. The van der Waals surface area contributed by atoms with Crippen LogP contribution in [0.25, 0.3) is 0 Å². The summed E-state index contributed by atoms with van der Waals surface area (Å²) < 4.78 is 6.28. The van der Waals surface area contributed by atoms with Gasteiger partial charge in [-0.1, -0.05) is 12.1 Å². The lowest BCUT2D eigenvalue weighted by Gasteiger charge is -2.09. The molecule has 0 atom stereocenters. The third-order valence-corrected chi connectivity index (χ3v) is 3.45. The van der Waals surface area contributed by atoms with Gasteiger partial charge >= 0.3 is 0 Å². The zero-order valence-electron chi connectivity index (χ0n) is 11.2. The molecule has 0 saturated carbocycles. The van der Waals surface area contributed by atoms with Crippen LogP contribution in [0.2, 0.25) is 0 Å². The molecule has 0 amide bonds. The standard InChI is InChI=1S/C16H15BrN2O/c1-2-20-15-5-3-4-12(8-15)11-19-14-7-6-13(10-18)16(17)9-14/h3-9,19H,2,11H2,1H3. The number of rotatable bonds is 5. The summed E-state index contributed by atoms with van der Waals surface area (Å²) in [6, 6.07) is 15.7. The fraction of sp³-hybridized carbons (Fsp3) is 0.188. The number of nitrogens with one attached hydrogen (secondary N) is 1. The van der Waals surface area contributed by atoms with E-state index in [0.29, 0.717) is 18.7 Å². The first kappa shape index (κ1) is 14.4. The minimum absolute atomic E-state index is 0.633. The van der Waals surface area contributed by atoms with Gasteiger partial charge in [0.1, 0.15) is 11.8 Å². The SMILES string of the molecule is CCOc1cccc(CNc2ccc(C#N)c(Br)c2)c1. The molecule has 3 nitrogen and oxygen atoms in total. The van der Waals surface area contributed by atoms with Crippen molar-refractivity contribution in [3.05, 3.63) is 58.1 Å². The number of ether oxygens (including phenoxy) is 1. The number of hydrogen-bond donors (Lipinski definition) is 1. The highest BCUT2D eigenvalue weighted by Gasteiger charge is 2.01. The molecule has 0 aliphatic heterocycles. The average Bonchev–Trinajstić information content (AvgIpc) is 2.46. The molecule has 102 valence electrons. The molecule has 0 heterocycles. The van der Waals surface area contributed by atoms with Crippen LogP contribution in [-0.2, 0) is 6.54 Å². The molecule has 0 spiro atoms. The number of nitriles is 1. The third kappa shape index (κ3) is 3.75. The Kier molecular flexibility index (Phi) is 5.03. The van der Waals surface area contributed by atoms with Crippen LogP contribution in [0.4, 0.5) is 5.69 Å². The van der Waals surface area contributed by atoms with Crippen molar-refractivity contribution in [2.24, 2.45) is 0 Å². The zero-order valence-corrected chi connectivity index (χ0v) is 12.8. The first-order valence-electron chi connectivity index (χ1n) is 6.38. The second-order valence-corrected chi connectivity index (χ2v) is 5.09. The highest BCUT2D eigenvalue weighted by Crippen LogP contribution is 2.21. The Morgan fingerprint density at radius 1 is 1.25 bits per heavy atom. The van der Waals surface area contributed by atoms with E-state index in [9.17, 15) is 0 Å². The van der Waals surface area contributed by atoms with E-state index in [4.69, 9.17) is 10.00 Å². The summed E-state index contributed by atoms with van der Waals surface area (Å²) in [4.78, 5) is 0. The summed E-state index contributed by atoms with van der Waals surface area (Å²) in [5.41, 5.74) is 2.75. The Balaban J connectivity index is 2.03. The maximum atomic E-state index is 8.88. The molecule has 0 radical (unpaired) electrons. The van der Waals surface area contributed by atoms with Crippen molar-refractivity contribution < 1.29 is 4.74 Å². The predicted molar refractivity (Wildman–Crippen MR) is 83.8 cm³/mol. The van der Waals surface area contributed by atoms with Crippen molar-refractivity contribution in [1.82, 2.24) is 0 Å². The van der Waals surface area contributed by atoms with Crippen LogP contribution in [0, 0.1) is 11.3 Å². The highest BCUT2D eigenvalue weighted by atomic mass is 79.9. The molecule has 20 heavy (non-hydrogen) atoms. The van der Waals surface area contributed by atoms with Gasteiger partial charge in [-0.2, -0.15) is 5.26 Å². The van der Waals surface area contributed by atoms with Crippen LogP contribution in [0.5, 0.6) is 5.75 Å². The van der Waals surface area contributed by atoms with Gasteiger partial charge in [0.2, 0.25) is 0 Å². The van der Waals surface area contributed by atoms with Crippen molar-refractivity contribution in [3.8, 4) is 11.8 Å². The topological polar surface area (TPSA) is 45.0 Å². The van der Waals surface area contributed by atoms with E-state index in [1.54, 1.807) is 6.07 Å². The van der Waals surface area contributed by atoms with Gasteiger partial charge in [0.15, 0.2) is 0 Å². The highest BCUT2D eigenvalue weighted by molar-refractivity contribution is 9.10. The predicted octanol–water partition coefficient (Wildman–Crippen LogP) is 4.33. The van der Waals surface area contributed by atoms with Crippen LogP contribution < -0.4 is 10.1 Å². The van der Waals surface area contributed by atoms with Gasteiger partial charge in [-0.05, 0) is 58.7 Å². The van der Waals surface area contributed by atoms with Gasteiger partial charge in [0.25, 0.3) is 0 Å². The molecule has 4 heteroatoms. The van der Waals surface area contributed by atoms with E-state index in [1.165, 1.54) is 0 Å². The first-order valence-corrected chi connectivity index (χ1v) is 7.17. The fourth-order valence-corrected chi connectivity index (χ4v) is 2.30. The number of benzene rings is 2. The molecule has 0 aliphatic carbocycles. The second-order valence-electron chi connectivity index (χ2n) is 4.24. The number of anilines is 1. The van der Waals surface area contributed by atoms with Crippen LogP contribution in [0.15, 0.2) is 46.9 Å². The smallest absolute Gasteiger partial charge is 0.119 e. The van der Waals surface area contributed by atoms with Crippen molar-refractivity contribution in [1.29, 1.82) is 5.26 Å². The van der Waals surface area contributed by atoms with Crippen molar-refractivity contribution in [3.63, 3.8) is 0 Å². The largest absolute Gasteiger partial charge is 0.494 e.